The quantitative estimate of drug-likeness (QED) is 0.676. The van der Waals surface area contributed by atoms with Crippen molar-refractivity contribution in [2.75, 3.05) is 13.1 Å². The lowest BCUT2D eigenvalue weighted by atomic mass is 9.99. The number of quaternary nitrogens is 1. The van der Waals surface area contributed by atoms with Gasteiger partial charge in [0.2, 0.25) is 5.88 Å². The molecule has 152 valence electrons. The summed E-state index contributed by atoms with van der Waals surface area (Å²) in [5, 5.41) is 0.915. The van der Waals surface area contributed by atoms with Crippen LogP contribution in [-0.4, -0.2) is 29.0 Å². The monoisotopic (exact) mass is 411 g/mol. The molecular formula is C22H27N4O2S+. The van der Waals surface area contributed by atoms with Crippen molar-refractivity contribution in [1.82, 2.24) is 9.97 Å². The third-order valence-electron chi connectivity index (χ3n) is 5.79. The average molecular weight is 412 g/mol. The highest BCUT2D eigenvalue weighted by atomic mass is 32.1. The summed E-state index contributed by atoms with van der Waals surface area (Å²) in [4.78, 5) is 25.1. The van der Waals surface area contributed by atoms with E-state index in [0.29, 0.717) is 17.2 Å². The van der Waals surface area contributed by atoms with E-state index in [2.05, 4.69) is 20.8 Å². The second kappa shape index (κ2) is 8.08. The number of carbonyl (C=O) groups is 1. The Balaban J connectivity index is 1.73. The zero-order chi connectivity index (χ0) is 20.5. The lowest BCUT2D eigenvalue weighted by molar-refractivity contribution is -0.920. The van der Waals surface area contributed by atoms with Gasteiger partial charge in [0.25, 0.3) is 5.91 Å². The molecule has 1 saturated heterocycles. The third-order valence-corrected chi connectivity index (χ3v) is 6.89. The van der Waals surface area contributed by atoms with E-state index in [1.54, 1.807) is 29.5 Å². The van der Waals surface area contributed by atoms with Crippen molar-refractivity contribution >= 4 is 27.5 Å². The summed E-state index contributed by atoms with van der Waals surface area (Å²) < 4.78 is 6.17. The maximum atomic E-state index is 11.8. The molecule has 0 radical (unpaired) electrons. The Morgan fingerprint density at radius 1 is 1.24 bits per heavy atom. The van der Waals surface area contributed by atoms with E-state index in [1.165, 1.54) is 22.6 Å². The number of amides is 1. The predicted octanol–water partition coefficient (Wildman–Crippen LogP) is 3.01. The Labute approximate surface area is 174 Å². The van der Waals surface area contributed by atoms with Crippen molar-refractivity contribution in [3.05, 3.63) is 46.1 Å². The molecule has 3 N–H and O–H groups in total. The van der Waals surface area contributed by atoms with E-state index < -0.39 is 5.91 Å². The van der Waals surface area contributed by atoms with Gasteiger partial charge in [-0.3, -0.25) is 4.79 Å². The van der Waals surface area contributed by atoms with Gasteiger partial charge in [0, 0.05) is 4.88 Å². The molecule has 1 aliphatic heterocycles. The number of benzene rings is 1. The van der Waals surface area contributed by atoms with E-state index >= 15 is 0 Å². The molecule has 1 aliphatic rings. The van der Waals surface area contributed by atoms with Crippen LogP contribution >= 0.6 is 11.3 Å². The normalized spacial score (nSPS) is 19.4. The van der Waals surface area contributed by atoms with Gasteiger partial charge in [-0.15, -0.1) is 11.3 Å². The third kappa shape index (κ3) is 4.11. The number of aryl methyl sites for hydroxylation is 2. The van der Waals surface area contributed by atoms with Gasteiger partial charge in [-0.05, 0) is 50.3 Å². The van der Waals surface area contributed by atoms with Crippen molar-refractivity contribution in [3.63, 3.8) is 0 Å². The molecule has 3 heterocycles. The van der Waals surface area contributed by atoms with Crippen LogP contribution in [-0.2, 0) is 6.54 Å². The zero-order valence-electron chi connectivity index (χ0n) is 17.1. The van der Waals surface area contributed by atoms with Crippen molar-refractivity contribution in [3.8, 4) is 11.6 Å². The Morgan fingerprint density at radius 2 is 1.97 bits per heavy atom. The molecule has 2 aromatic heterocycles. The van der Waals surface area contributed by atoms with Crippen molar-refractivity contribution in [2.45, 2.75) is 40.2 Å². The maximum Gasteiger partial charge on any atom is 0.252 e. The maximum absolute atomic E-state index is 11.8. The molecule has 29 heavy (non-hydrogen) atoms. The molecule has 1 aromatic carbocycles. The number of aromatic nitrogens is 2. The summed E-state index contributed by atoms with van der Waals surface area (Å²) in [7, 11) is 0. The minimum absolute atomic E-state index is 0.348. The molecule has 1 fully saturated rings. The second-order valence-electron chi connectivity index (χ2n) is 7.98. The highest BCUT2D eigenvalue weighted by molar-refractivity contribution is 7.18. The lowest BCUT2D eigenvalue weighted by Gasteiger charge is -2.26. The molecule has 7 heteroatoms. The minimum Gasteiger partial charge on any atom is -0.437 e. The van der Waals surface area contributed by atoms with E-state index in [0.717, 1.165) is 47.2 Å². The van der Waals surface area contributed by atoms with Crippen LogP contribution < -0.4 is 15.4 Å². The van der Waals surface area contributed by atoms with Gasteiger partial charge in [0.15, 0.2) is 5.82 Å². The first-order chi connectivity index (χ1) is 13.9. The van der Waals surface area contributed by atoms with Crippen molar-refractivity contribution in [2.24, 2.45) is 11.7 Å². The number of nitrogens with one attached hydrogen (secondary N) is 1. The van der Waals surface area contributed by atoms with Crippen LogP contribution in [0.2, 0.25) is 0 Å². The predicted molar refractivity (Wildman–Crippen MR) is 115 cm³/mol. The minimum atomic E-state index is -0.517. The first kappa shape index (κ1) is 19.8. The molecule has 0 aliphatic carbocycles. The number of hydrogen-bond donors (Lipinski definition) is 2. The smallest absolute Gasteiger partial charge is 0.252 e. The summed E-state index contributed by atoms with van der Waals surface area (Å²) in [5.41, 5.74) is 6.99. The number of carbonyl (C=O) groups excluding carboxylic acids is 1. The number of hydrogen-bond acceptors (Lipinski definition) is 5. The molecule has 0 bridgehead atoms. The van der Waals surface area contributed by atoms with Crippen LogP contribution in [0.15, 0.2) is 24.3 Å². The Hall–Kier alpha value is -2.51. The summed E-state index contributed by atoms with van der Waals surface area (Å²) in [5.74, 6) is 2.00. The number of fused-ring (bicyclic) bond motifs is 1. The van der Waals surface area contributed by atoms with Crippen LogP contribution in [0, 0.1) is 19.8 Å². The number of para-hydroxylation sites is 1. The fraction of sp³-hybridized carbons (Fsp3) is 0.409. The van der Waals surface area contributed by atoms with Crippen LogP contribution in [0.4, 0.5) is 0 Å². The first-order valence-electron chi connectivity index (χ1n) is 10.1. The van der Waals surface area contributed by atoms with Gasteiger partial charge in [0.1, 0.15) is 17.1 Å². The zero-order valence-corrected chi connectivity index (χ0v) is 17.9. The fourth-order valence-corrected chi connectivity index (χ4v) is 4.88. The van der Waals surface area contributed by atoms with Crippen LogP contribution in [0.5, 0.6) is 11.6 Å². The standard InChI is InChI=1S/C22H26N4O2S/c1-13-8-10-26(11-9-13)12-18-24-21(19-14(2)15(3)29-22(19)25-18)28-17-7-5-4-6-16(17)20(23)27/h4-7,13H,8-12H2,1-3H3,(H2,23,27)/p+1. The molecule has 6 nitrogen and oxygen atoms in total. The van der Waals surface area contributed by atoms with Crippen LogP contribution in [0.3, 0.4) is 0 Å². The Morgan fingerprint density at radius 3 is 2.69 bits per heavy atom. The highest BCUT2D eigenvalue weighted by Gasteiger charge is 2.23. The summed E-state index contributed by atoms with van der Waals surface area (Å²) in [6.45, 7) is 9.53. The van der Waals surface area contributed by atoms with Crippen molar-refractivity contribution < 1.29 is 14.4 Å². The summed E-state index contributed by atoms with van der Waals surface area (Å²) >= 11 is 1.66. The fourth-order valence-electron chi connectivity index (χ4n) is 3.84. The molecule has 4 rings (SSSR count). The number of thiophene rings is 1. The van der Waals surface area contributed by atoms with E-state index in [4.69, 9.17) is 20.4 Å². The van der Waals surface area contributed by atoms with Gasteiger partial charge < -0.3 is 15.4 Å². The number of nitrogens with zero attached hydrogens (tertiary/aromatic N) is 2. The largest absolute Gasteiger partial charge is 0.437 e. The number of nitrogens with two attached hydrogens (primary N) is 1. The lowest BCUT2D eigenvalue weighted by Crippen LogP contribution is -3.11. The number of ether oxygens (including phenoxy) is 1. The molecule has 3 aromatic rings. The van der Waals surface area contributed by atoms with Gasteiger partial charge in [0.05, 0.1) is 24.0 Å². The van der Waals surface area contributed by atoms with Gasteiger partial charge in [-0.1, -0.05) is 19.1 Å². The highest BCUT2D eigenvalue weighted by Crippen LogP contribution is 2.37. The molecular weight excluding hydrogens is 384 g/mol. The van der Waals surface area contributed by atoms with Crippen molar-refractivity contribution in [1.29, 1.82) is 0 Å². The molecule has 1 amide bonds. The SMILES string of the molecule is Cc1sc2nc(C[NH+]3CCC(C)CC3)nc(Oc3ccccc3C(N)=O)c2c1C. The number of likely N-dealkylation sites (tertiary alicyclic amines) is 1. The first-order valence-corrected chi connectivity index (χ1v) is 10.9. The second-order valence-corrected chi connectivity index (χ2v) is 9.18. The van der Waals surface area contributed by atoms with Crippen LogP contribution in [0.1, 0.15) is 46.4 Å². The topological polar surface area (TPSA) is 82.5 Å². The summed E-state index contributed by atoms with van der Waals surface area (Å²) in [6.07, 6.45) is 2.48. The number of primary amides is 1. The van der Waals surface area contributed by atoms with Gasteiger partial charge in [-0.2, -0.15) is 4.98 Å². The number of piperidine rings is 1. The number of rotatable bonds is 5. The van der Waals surface area contributed by atoms with E-state index in [-0.39, 0.29) is 0 Å². The average Bonchev–Trinajstić information content (AvgIpc) is 2.98. The van der Waals surface area contributed by atoms with E-state index in [1.807, 2.05) is 6.07 Å². The molecule has 0 saturated carbocycles. The summed E-state index contributed by atoms with van der Waals surface area (Å²) in [6, 6.07) is 7.02. The van der Waals surface area contributed by atoms with Crippen LogP contribution in [0.25, 0.3) is 10.2 Å². The Bertz CT molecular complexity index is 1050. The van der Waals surface area contributed by atoms with E-state index in [9.17, 15) is 4.79 Å². The van der Waals surface area contributed by atoms with Gasteiger partial charge in [-0.25, -0.2) is 4.98 Å². The molecule has 0 atom stereocenters. The van der Waals surface area contributed by atoms with Gasteiger partial charge >= 0.3 is 0 Å². The molecule has 0 spiro atoms. The molecule has 0 unspecified atom stereocenters. The Kier molecular flexibility index (Phi) is 5.52.